The Morgan fingerprint density at radius 2 is 1.62 bits per heavy atom. The third-order valence-corrected chi connectivity index (χ3v) is 3.60. The number of carbonyl (C=O) groups is 2. The Hall–Kier alpha value is -2.76. The van der Waals surface area contributed by atoms with E-state index in [4.69, 9.17) is 0 Å². The highest BCUT2D eigenvalue weighted by Gasteiger charge is 2.21. The van der Waals surface area contributed by atoms with E-state index in [2.05, 4.69) is 5.32 Å². The minimum Gasteiger partial charge on any atom is -0.480 e. The lowest BCUT2D eigenvalue weighted by Gasteiger charge is -2.15. The highest BCUT2D eigenvalue weighted by atomic mass is 19.1. The normalized spacial score (nSPS) is 11.8. The van der Waals surface area contributed by atoms with E-state index in [1.807, 2.05) is 30.3 Å². The van der Waals surface area contributed by atoms with Crippen LogP contribution in [0.15, 0.2) is 48.5 Å². The van der Waals surface area contributed by atoms with Crippen LogP contribution in [0.4, 0.5) is 8.78 Å². The SMILES string of the molecule is O=C(Cc1c(F)cccc1F)N[C@@H](CCc1ccccc1)C(=O)O. The molecule has 0 bridgehead atoms. The van der Waals surface area contributed by atoms with Crippen molar-refractivity contribution in [2.45, 2.75) is 25.3 Å². The van der Waals surface area contributed by atoms with Gasteiger partial charge in [-0.1, -0.05) is 36.4 Å². The minimum absolute atomic E-state index is 0.185. The Labute approximate surface area is 138 Å². The molecule has 0 aromatic heterocycles. The molecule has 0 saturated heterocycles. The average Bonchev–Trinajstić information content (AvgIpc) is 2.55. The second-order valence-corrected chi connectivity index (χ2v) is 5.36. The van der Waals surface area contributed by atoms with Crippen LogP contribution in [0.2, 0.25) is 0 Å². The van der Waals surface area contributed by atoms with Gasteiger partial charge in [-0.25, -0.2) is 13.6 Å². The van der Waals surface area contributed by atoms with E-state index < -0.39 is 36.0 Å². The molecule has 126 valence electrons. The molecule has 0 heterocycles. The molecule has 6 heteroatoms. The highest BCUT2D eigenvalue weighted by molar-refractivity contribution is 5.84. The fourth-order valence-electron chi connectivity index (χ4n) is 2.32. The topological polar surface area (TPSA) is 66.4 Å². The zero-order valence-electron chi connectivity index (χ0n) is 12.8. The number of aryl methyl sites for hydroxylation is 1. The first-order chi connectivity index (χ1) is 11.5. The summed E-state index contributed by atoms with van der Waals surface area (Å²) < 4.78 is 27.1. The van der Waals surface area contributed by atoms with Crippen molar-refractivity contribution in [3.8, 4) is 0 Å². The van der Waals surface area contributed by atoms with Gasteiger partial charge in [0.15, 0.2) is 0 Å². The molecule has 0 unspecified atom stereocenters. The highest BCUT2D eigenvalue weighted by Crippen LogP contribution is 2.13. The van der Waals surface area contributed by atoms with Crippen molar-refractivity contribution in [1.29, 1.82) is 0 Å². The number of hydrogen-bond donors (Lipinski definition) is 2. The molecule has 0 aliphatic heterocycles. The number of amides is 1. The van der Waals surface area contributed by atoms with Gasteiger partial charge in [0.05, 0.1) is 6.42 Å². The van der Waals surface area contributed by atoms with Gasteiger partial charge in [0.2, 0.25) is 5.91 Å². The van der Waals surface area contributed by atoms with Crippen LogP contribution in [-0.2, 0) is 22.4 Å². The molecule has 4 nitrogen and oxygen atoms in total. The van der Waals surface area contributed by atoms with Gasteiger partial charge in [-0.15, -0.1) is 0 Å². The van der Waals surface area contributed by atoms with Crippen LogP contribution < -0.4 is 5.32 Å². The lowest BCUT2D eigenvalue weighted by atomic mass is 10.0. The van der Waals surface area contributed by atoms with Gasteiger partial charge in [0.1, 0.15) is 17.7 Å². The Morgan fingerprint density at radius 3 is 2.21 bits per heavy atom. The lowest BCUT2D eigenvalue weighted by Crippen LogP contribution is -2.42. The second-order valence-electron chi connectivity index (χ2n) is 5.36. The fraction of sp³-hybridized carbons (Fsp3) is 0.222. The lowest BCUT2D eigenvalue weighted by molar-refractivity contribution is -0.141. The van der Waals surface area contributed by atoms with Crippen LogP contribution in [0.1, 0.15) is 17.5 Å². The van der Waals surface area contributed by atoms with Gasteiger partial charge in [0, 0.05) is 5.56 Å². The summed E-state index contributed by atoms with van der Waals surface area (Å²) in [4.78, 5) is 23.2. The molecule has 2 N–H and O–H groups in total. The molecule has 24 heavy (non-hydrogen) atoms. The molecule has 0 spiro atoms. The van der Waals surface area contributed by atoms with Crippen LogP contribution in [0.3, 0.4) is 0 Å². The average molecular weight is 333 g/mol. The molecule has 0 radical (unpaired) electrons. The number of nitrogens with one attached hydrogen (secondary N) is 1. The van der Waals surface area contributed by atoms with Crippen LogP contribution in [0, 0.1) is 11.6 Å². The fourth-order valence-corrected chi connectivity index (χ4v) is 2.32. The first-order valence-electron chi connectivity index (χ1n) is 7.46. The summed E-state index contributed by atoms with van der Waals surface area (Å²) in [5.41, 5.74) is 0.570. The zero-order chi connectivity index (χ0) is 17.5. The Kier molecular flexibility index (Phi) is 6.01. The maximum atomic E-state index is 13.5. The third kappa shape index (κ3) is 4.87. The number of hydrogen-bond acceptors (Lipinski definition) is 2. The van der Waals surface area contributed by atoms with Gasteiger partial charge in [-0.3, -0.25) is 4.79 Å². The van der Waals surface area contributed by atoms with Crippen molar-refractivity contribution in [3.63, 3.8) is 0 Å². The maximum absolute atomic E-state index is 13.5. The summed E-state index contributed by atoms with van der Waals surface area (Å²) >= 11 is 0. The van der Waals surface area contributed by atoms with Crippen molar-refractivity contribution < 1.29 is 23.5 Å². The molecule has 2 aromatic carbocycles. The number of rotatable bonds is 7. The van der Waals surface area contributed by atoms with Crippen LogP contribution in [-0.4, -0.2) is 23.0 Å². The van der Waals surface area contributed by atoms with E-state index in [0.29, 0.717) is 6.42 Å². The van der Waals surface area contributed by atoms with Gasteiger partial charge in [-0.05, 0) is 30.5 Å². The molecule has 0 saturated carbocycles. The molecule has 0 aliphatic rings. The first-order valence-corrected chi connectivity index (χ1v) is 7.46. The van der Waals surface area contributed by atoms with E-state index in [1.165, 1.54) is 6.07 Å². The Balaban J connectivity index is 1.97. The summed E-state index contributed by atoms with van der Waals surface area (Å²) in [7, 11) is 0. The molecule has 0 fully saturated rings. The summed E-state index contributed by atoms with van der Waals surface area (Å²) in [6, 6.07) is 11.4. The molecule has 0 aliphatic carbocycles. The number of carbonyl (C=O) groups excluding carboxylic acids is 1. The molecule has 1 amide bonds. The largest absolute Gasteiger partial charge is 0.480 e. The van der Waals surface area contributed by atoms with Crippen LogP contribution >= 0.6 is 0 Å². The molecule has 2 aromatic rings. The Morgan fingerprint density at radius 1 is 1.00 bits per heavy atom. The Bertz CT molecular complexity index is 699. The van der Waals surface area contributed by atoms with Gasteiger partial charge in [-0.2, -0.15) is 0 Å². The molecule has 2 rings (SSSR count). The van der Waals surface area contributed by atoms with E-state index in [9.17, 15) is 23.5 Å². The van der Waals surface area contributed by atoms with Crippen molar-refractivity contribution in [2.75, 3.05) is 0 Å². The van der Waals surface area contributed by atoms with Crippen molar-refractivity contribution in [3.05, 3.63) is 71.3 Å². The van der Waals surface area contributed by atoms with E-state index in [-0.39, 0.29) is 12.0 Å². The zero-order valence-corrected chi connectivity index (χ0v) is 12.8. The number of benzene rings is 2. The predicted octanol–water partition coefficient (Wildman–Crippen LogP) is 2.71. The number of carboxylic acids is 1. The number of carboxylic acid groups (broad SMARTS) is 1. The van der Waals surface area contributed by atoms with Gasteiger partial charge < -0.3 is 10.4 Å². The minimum atomic E-state index is -1.19. The summed E-state index contributed by atoms with van der Waals surface area (Å²) in [5.74, 6) is -3.59. The predicted molar refractivity (Wildman–Crippen MR) is 84.4 cm³/mol. The summed E-state index contributed by atoms with van der Waals surface area (Å²) in [5, 5.41) is 11.5. The van der Waals surface area contributed by atoms with Crippen molar-refractivity contribution >= 4 is 11.9 Å². The summed E-state index contributed by atoms with van der Waals surface area (Å²) in [6.07, 6.45) is 0.102. The number of halogens is 2. The van der Waals surface area contributed by atoms with Crippen LogP contribution in [0.5, 0.6) is 0 Å². The smallest absolute Gasteiger partial charge is 0.326 e. The van der Waals surface area contributed by atoms with Crippen molar-refractivity contribution in [2.24, 2.45) is 0 Å². The van der Waals surface area contributed by atoms with Crippen molar-refractivity contribution in [1.82, 2.24) is 5.32 Å². The van der Waals surface area contributed by atoms with E-state index in [1.54, 1.807) is 0 Å². The van der Waals surface area contributed by atoms with E-state index in [0.717, 1.165) is 17.7 Å². The molecular formula is C18H17F2NO3. The summed E-state index contributed by atoms with van der Waals surface area (Å²) in [6.45, 7) is 0. The second kappa shape index (κ2) is 8.19. The molecular weight excluding hydrogens is 316 g/mol. The number of aliphatic carboxylic acids is 1. The quantitative estimate of drug-likeness (QED) is 0.819. The third-order valence-electron chi connectivity index (χ3n) is 3.60. The van der Waals surface area contributed by atoms with E-state index >= 15 is 0 Å². The maximum Gasteiger partial charge on any atom is 0.326 e. The standard InChI is InChI=1S/C18H17F2NO3/c19-14-7-4-8-15(20)13(14)11-17(22)21-16(18(23)24)10-9-12-5-2-1-3-6-12/h1-8,16H,9-11H2,(H,21,22)(H,23,24)/t16-/m0/s1. The van der Waals surface area contributed by atoms with Gasteiger partial charge in [0.25, 0.3) is 0 Å². The monoisotopic (exact) mass is 333 g/mol. The van der Waals surface area contributed by atoms with Crippen LogP contribution in [0.25, 0.3) is 0 Å². The molecule has 1 atom stereocenters. The first kappa shape index (κ1) is 17.6. The van der Waals surface area contributed by atoms with Gasteiger partial charge >= 0.3 is 5.97 Å².